The molecule has 0 bridgehead atoms. The fourth-order valence-electron chi connectivity index (χ4n) is 2.51. The summed E-state index contributed by atoms with van der Waals surface area (Å²) in [6, 6.07) is 18.4. The van der Waals surface area contributed by atoms with Gasteiger partial charge in [-0.1, -0.05) is 24.3 Å². The SMILES string of the molecule is O=C(O)c1ccc2oc(-c3ccc4ccccc4n3)cc2c1. The molecule has 0 unspecified atom stereocenters. The fraction of sp³-hybridized carbons (Fsp3) is 0. The van der Waals surface area contributed by atoms with E-state index < -0.39 is 5.97 Å². The van der Waals surface area contributed by atoms with Gasteiger partial charge in [0.2, 0.25) is 0 Å². The number of aromatic carboxylic acids is 1. The molecule has 22 heavy (non-hydrogen) atoms. The molecule has 4 aromatic rings. The molecule has 0 aliphatic rings. The molecule has 0 atom stereocenters. The highest BCUT2D eigenvalue weighted by Gasteiger charge is 2.10. The van der Waals surface area contributed by atoms with Crippen molar-refractivity contribution < 1.29 is 14.3 Å². The molecular weight excluding hydrogens is 278 g/mol. The molecule has 0 amide bonds. The van der Waals surface area contributed by atoms with Crippen LogP contribution in [0.4, 0.5) is 0 Å². The lowest BCUT2D eigenvalue weighted by molar-refractivity contribution is 0.0697. The fourth-order valence-corrected chi connectivity index (χ4v) is 2.51. The van der Waals surface area contributed by atoms with E-state index in [4.69, 9.17) is 9.52 Å². The number of rotatable bonds is 2. The zero-order valence-electron chi connectivity index (χ0n) is 11.5. The van der Waals surface area contributed by atoms with E-state index in [9.17, 15) is 4.79 Å². The van der Waals surface area contributed by atoms with E-state index in [1.807, 2.05) is 42.5 Å². The van der Waals surface area contributed by atoms with Crippen LogP contribution in [-0.2, 0) is 0 Å². The van der Waals surface area contributed by atoms with Crippen LogP contribution in [0, 0.1) is 0 Å². The Morgan fingerprint density at radius 3 is 2.68 bits per heavy atom. The lowest BCUT2D eigenvalue weighted by Gasteiger charge is -1.99. The maximum Gasteiger partial charge on any atom is 0.335 e. The second-order valence-electron chi connectivity index (χ2n) is 5.06. The highest BCUT2D eigenvalue weighted by molar-refractivity contribution is 5.94. The van der Waals surface area contributed by atoms with E-state index in [0.717, 1.165) is 22.0 Å². The number of carbonyl (C=O) groups is 1. The maximum absolute atomic E-state index is 11.0. The van der Waals surface area contributed by atoms with E-state index >= 15 is 0 Å². The van der Waals surface area contributed by atoms with Crippen molar-refractivity contribution >= 4 is 27.8 Å². The summed E-state index contributed by atoms with van der Waals surface area (Å²) in [5.41, 5.74) is 2.51. The van der Waals surface area contributed by atoms with Crippen molar-refractivity contribution in [2.45, 2.75) is 0 Å². The van der Waals surface area contributed by atoms with Crippen LogP contribution >= 0.6 is 0 Å². The van der Waals surface area contributed by atoms with Gasteiger partial charge in [-0.3, -0.25) is 0 Å². The summed E-state index contributed by atoms with van der Waals surface area (Å²) in [6.45, 7) is 0. The number of furan rings is 1. The first kappa shape index (κ1) is 12.6. The molecule has 2 aromatic heterocycles. The third-order valence-electron chi connectivity index (χ3n) is 3.61. The van der Waals surface area contributed by atoms with E-state index in [-0.39, 0.29) is 5.56 Å². The van der Waals surface area contributed by atoms with Crippen LogP contribution in [0.1, 0.15) is 10.4 Å². The number of carboxylic acid groups (broad SMARTS) is 1. The van der Waals surface area contributed by atoms with Crippen molar-refractivity contribution in [3.63, 3.8) is 0 Å². The van der Waals surface area contributed by atoms with Crippen LogP contribution < -0.4 is 0 Å². The van der Waals surface area contributed by atoms with Gasteiger partial charge in [-0.25, -0.2) is 9.78 Å². The average molecular weight is 289 g/mol. The molecule has 106 valence electrons. The zero-order chi connectivity index (χ0) is 15.1. The van der Waals surface area contributed by atoms with Gasteiger partial charge in [0.15, 0.2) is 5.76 Å². The van der Waals surface area contributed by atoms with E-state index in [1.54, 1.807) is 12.1 Å². The molecule has 0 spiro atoms. The number of benzene rings is 2. The van der Waals surface area contributed by atoms with Crippen molar-refractivity contribution in [2.75, 3.05) is 0 Å². The number of para-hydroxylation sites is 1. The topological polar surface area (TPSA) is 63.3 Å². The molecular formula is C18H11NO3. The largest absolute Gasteiger partial charge is 0.478 e. The van der Waals surface area contributed by atoms with Crippen molar-refractivity contribution in [3.8, 4) is 11.5 Å². The molecule has 0 saturated heterocycles. The van der Waals surface area contributed by atoms with Crippen LogP contribution in [0.25, 0.3) is 33.3 Å². The molecule has 2 heterocycles. The number of nitrogens with zero attached hydrogens (tertiary/aromatic N) is 1. The molecule has 0 aliphatic heterocycles. The quantitative estimate of drug-likeness (QED) is 0.596. The molecule has 0 aliphatic carbocycles. The minimum Gasteiger partial charge on any atom is -0.478 e. The Hall–Kier alpha value is -3.14. The summed E-state index contributed by atoms with van der Waals surface area (Å²) in [6.07, 6.45) is 0. The van der Waals surface area contributed by atoms with E-state index in [2.05, 4.69) is 4.98 Å². The Balaban J connectivity index is 1.86. The molecule has 0 fully saturated rings. The van der Waals surface area contributed by atoms with Gasteiger partial charge in [0.05, 0.1) is 11.1 Å². The predicted molar refractivity (Wildman–Crippen MR) is 83.9 cm³/mol. The molecule has 1 N–H and O–H groups in total. The Morgan fingerprint density at radius 2 is 1.82 bits per heavy atom. The normalized spacial score (nSPS) is 11.1. The highest BCUT2D eigenvalue weighted by Crippen LogP contribution is 2.28. The Kier molecular flexibility index (Phi) is 2.69. The Morgan fingerprint density at radius 1 is 0.955 bits per heavy atom. The number of fused-ring (bicyclic) bond motifs is 2. The predicted octanol–water partition coefficient (Wildman–Crippen LogP) is 4.35. The summed E-state index contributed by atoms with van der Waals surface area (Å²) in [4.78, 5) is 15.6. The lowest BCUT2D eigenvalue weighted by Crippen LogP contribution is -1.94. The number of aromatic nitrogens is 1. The first-order valence-electron chi connectivity index (χ1n) is 6.84. The summed E-state index contributed by atoms with van der Waals surface area (Å²) >= 11 is 0. The van der Waals surface area contributed by atoms with Crippen LogP contribution in [-0.4, -0.2) is 16.1 Å². The second-order valence-corrected chi connectivity index (χ2v) is 5.06. The van der Waals surface area contributed by atoms with Gasteiger partial charge in [-0.15, -0.1) is 0 Å². The van der Waals surface area contributed by atoms with E-state index in [0.29, 0.717) is 11.3 Å². The second kappa shape index (κ2) is 4.70. The first-order valence-corrected chi connectivity index (χ1v) is 6.84. The summed E-state index contributed by atoms with van der Waals surface area (Å²) in [7, 11) is 0. The van der Waals surface area contributed by atoms with Gasteiger partial charge in [0.25, 0.3) is 0 Å². The number of pyridine rings is 1. The minimum absolute atomic E-state index is 0.242. The molecule has 4 nitrogen and oxygen atoms in total. The molecule has 4 rings (SSSR count). The van der Waals surface area contributed by atoms with Gasteiger partial charge in [0.1, 0.15) is 11.3 Å². The van der Waals surface area contributed by atoms with Gasteiger partial charge in [-0.05, 0) is 36.4 Å². The Bertz CT molecular complexity index is 1020. The monoisotopic (exact) mass is 289 g/mol. The van der Waals surface area contributed by atoms with Crippen molar-refractivity contribution in [1.29, 1.82) is 0 Å². The van der Waals surface area contributed by atoms with Crippen LogP contribution in [0.5, 0.6) is 0 Å². The highest BCUT2D eigenvalue weighted by atomic mass is 16.4. The third kappa shape index (κ3) is 2.02. The van der Waals surface area contributed by atoms with Crippen molar-refractivity contribution in [1.82, 2.24) is 4.98 Å². The first-order chi connectivity index (χ1) is 10.7. The molecule has 0 radical (unpaired) electrons. The minimum atomic E-state index is -0.950. The number of hydrogen-bond donors (Lipinski definition) is 1. The van der Waals surface area contributed by atoms with Crippen LogP contribution in [0.2, 0.25) is 0 Å². The van der Waals surface area contributed by atoms with Gasteiger partial charge < -0.3 is 9.52 Å². The summed E-state index contributed by atoms with van der Waals surface area (Å²) in [5.74, 6) is -0.322. The van der Waals surface area contributed by atoms with Gasteiger partial charge in [0, 0.05) is 10.8 Å². The average Bonchev–Trinajstić information content (AvgIpc) is 2.97. The third-order valence-corrected chi connectivity index (χ3v) is 3.61. The summed E-state index contributed by atoms with van der Waals surface area (Å²) < 4.78 is 5.78. The standard InChI is InChI=1S/C18H11NO3/c20-18(21)12-6-8-16-13(9-12)10-17(22-16)15-7-5-11-3-1-2-4-14(11)19-15/h1-10H,(H,20,21). The lowest BCUT2D eigenvalue weighted by atomic mass is 10.1. The van der Waals surface area contributed by atoms with Crippen LogP contribution in [0.3, 0.4) is 0 Å². The van der Waals surface area contributed by atoms with Crippen molar-refractivity contribution in [3.05, 3.63) is 66.2 Å². The molecule has 2 aromatic carbocycles. The summed E-state index contributed by atoms with van der Waals surface area (Å²) in [5, 5.41) is 10.9. The Labute approximate surface area is 125 Å². The zero-order valence-corrected chi connectivity index (χ0v) is 11.5. The van der Waals surface area contributed by atoms with Crippen LogP contribution in [0.15, 0.2) is 65.1 Å². The molecule has 4 heteroatoms. The number of carboxylic acids is 1. The van der Waals surface area contributed by atoms with Crippen molar-refractivity contribution in [2.24, 2.45) is 0 Å². The number of hydrogen-bond acceptors (Lipinski definition) is 3. The molecule has 0 saturated carbocycles. The smallest absolute Gasteiger partial charge is 0.335 e. The maximum atomic E-state index is 11.0. The van der Waals surface area contributed by atoms with Gasteiger partial charge >= 0.3 is 5.97 Å². The van der Waals surface area contributed by atoms with E-state index in [1.165, 1.54) is 6.07 Å². The van der Waals surface area contributed by atoms with Gasteiger partial charge in [-0.2, -0.15) is 0 Å².